The molecule has 1 aliphatic rings. The molecule has 1 N–H and O–H groups in total. The van der Waals surface area contributed by atoms with Crippen LogP contribution in [0.15, 0.2) is 54.6 Å². The molecule has 1 fully saturated rings. The molecule has 0 saturated heterocycles. The summed E-state index contributed by atoms with van der Waals surface area (Å²) in [5.74, 6) is 2.52. The lowest BCUT2D eigenvalue weighted by Crippen LogP contribution is -2.32. The third-order valence-electron chi connectivity index (χ3n) is 5.71. The van der Waals surface area contributed by atoms with Crippen LogP contribution < -0.4 is 9.47 Å². The largest absolute Gasteiger partial charge is 0.497 e. The molecule has 170 valence electrons. The molecule has 3 aromatic rings. The van der Waals surface area contributed by atoms with E-state index in [0.29, 0.717) is 19.1 Å². The highest BCUT2D eigenvalue weighted by molar-refractivity contribution is 5.46. The molecule has 6 nitrogen and oxygen atoms in total. The Bertz CT molecular complexity index is 1010. The van der Waals surface area contributed by atoms with Crippen LogP contribution in [0.5, 0.6) is 17.4 Å². The van der Waals surface area contributed by atoms with Gasteiger partial charge in [0.15, 0.2) is 0 Å². The summed E-state index contributed by atoms with van der Waals surface area (Å²) in [6.45, 7) is 7.50. The monoisotopic (exact) mass is 435 g/mol. The maximum atomic E-state index is 10.1. The zero-order valence-corrected chi connectivity index (χ0v) is 19.4. The molecule has 0 unspecified atom stereocenters. The Balaban J connectivity index is 1.80. The lowest BCUT2D eigenvalue weighted by molar-refractivity contribution is 0.117. The summed E-state index contributed by atoms with van der Waals surface area (Å²) in [4.78, 5) is 2.36. The molecule has 0 bridgehead atoms. The van der Waals surface area contributed by atoms with Gasteiger partial charge in [-0.1, -0.05) is 32.0 Å². The molecule has 4 rings (SSSR count). The lowest BCUT2D eigenvalue weighted by atomic mass is 10.1. The smallest absolute Gasteiger partial charge is 0.227 e. The van der Waals surface area contributed by atoms with E-state index in [-0.39, 0.29) is 12.0 Å². The Morgan fingerprint density at radius 2 is 1.72 bits per heavy atom. The number of para-hydroxylation sites is 1. The molecule has 1 aromatic heterocycles. The molecule has 0 radical (unpaired) electrons. The van der Waals surface area contributed by atoms with Crippen LogP contribution in [0.2, 0.25) is 0 Å². The number of hydrogen-bond donors (Lipinski definition) is 1. The average molecular weight is 436 g/mol. The Labute approximate surface area is 190 Å². The minimum atomic E-state index is -0.381. The van der Waals surface area contributed by atoms with E-state index in [4.69, 9.17) is 14.6 Å². The van der Waals surface area contributed by atoms with Crippen molar-refractivity contribution in [3.63, 3.8) is 0 Å². The summed E-state index contributed by atoms with van der Waals surface area (Å²) in [5, 5.41) is 15.1. The van der Waals surface area contributed by atoms with E-state index in [0.717, 1.165) is 34.3 Å². The van der Waals surface area contributed by atoms with Gasteiger partial charge in [-0.05, 0) is 62.1 Å². The number of hydrogen-bond acceptors (Lipinski definition) is 5. The summed E-state index contributed by atoms with van der Waals surface area (Å²) in [6.07, 6.45) is 1.96. The first-order valence-corrected chi connectivity index (χ1v) is 11.4. The summed E-state index contributed by atoms with van der Waals surface area (Å²) in [6, 6.07) is 18.2. The maximum Gasteiger partial charge on any atom is 0.227 e. The zero-order valence-electron chi connectivity index (χ0n) is 19.4. The molecule has 6 heteroatoms. The number of aromatic nitrogens is 2. The quantitative estimate of drug-likeness (QED) is 0.478. The van der Waals surface area contributed by atoms with Crippen molar-refractivity contribution < 1.29 is 14.6 Å². The summed E-state index contributed by atoms with van der Waals surface area (Å²) in [5.41, 5.74) is 3.01. The van der Waals surface area contributed by atoms with Crippen molar-refractivity contribution in [1.82, 2.24) is 14.7 Å². The third-order valence-corrected chi connectivity index (χ3v) is 5.71. The van der Waals surface area contributed by atoms with Crippen LogP contribution in [0.1, 0.15) is 50.8 Å². The van der Waals surface area contributed by atoms with E-state index in [9.17, 15) is 5.11 Å². The van der Waals surface area contributed by atoms with Crippen molar-refractivity contribution in [1.29, 1.82) is 0 Å². The van der Waals surface area contributed by atoms with Gasteiger partial charge in [-0.2, -0.15) is 5.10 Å². The van der Waals surface area contributed by atoms with Gasteiger partial charge in [-0.25, -0.2) is 4.68 Å². The Morgan fingerprint density at radius 1 is 1.03 bits per heavy atom. The van der Waals surface area contributed by atoms with E-state index in [1.54, 1.807) is 7.11 Å². The number of methoxy groups -OCH3 is 1. The predicted octanol–water partition coefficient (Wildman–Crippen LogP) is 5.14. The van der Waals surface area contributed by atoms with Crippen LogP contribution in [-0.2, 0) is 6.54 Å². The van der Waals surface area contributed by atoms with Crippen molar-refractivity contribution in [2.24, 2.45) is 0 Å². The van der Waals surface area contributed by atoms with Crippen molar-refractivity contribution in [2.75, 3.05) is 13.7 Å². The van der Waals surface area contributed by atoms with Gasteiger partial charge in [0.25, 0.3) is 0 Å². The molecule has 1 heterocycles. The van der Waals surface area contributed by atoms with Crippen molar-refractivity contribution in [2.45, 2.75) is 58.2 Å². The fraction of sp³-hybridized carbons (Fsp3) is 0.423. The molecule has 32 heavy (non-hydrogen) atoms. The zero-order chi connectivity index (χ0) is 22.7. The second-order valence-electron chi connectivity index (χ2n) is 8.86. The van der Waals surface area contributed by atoms with E-state index in [1.165, 1.54) is 12.8 Å². The number of aliphatic hydroxyl groups is 1. The van der Waals surface area contributed by atoms with Gasteiger partial charge in [0.2, 0.25) is 5.88 Å². The fourth-order valence-electron chi connectivity index (χ4n) is 3.99. The second kappa shape index (κ2) is 9.76. The SMILES string of the molecule is COc1ccc(-n2nc(C(C)C)c(CN(C[C@@H](C)O)C3CC3)c2Oc2ccccc2)cc1. The highest BCUT2D eigenvalue weighted by atomic mass is 16.5. The number of nitrogens with zero attached hydrogens (tertiary/aromatic N) is 3. The molecule has 1 aliphatic carbocycles. The van der Waals surface area contributed by atoms with E-state index in [1.807, 2.05) is 66.2 Å². The van der Waals surface area contributed by atoms with Gasteiger partial charge in [0.05, 0.1) is 30.2 Å². The minimum Gasteiger partial charge on any atom is -0.497 e. The van der Waals surface area contributed by atoms with Gasteiger partial charge >= 0.3 is 0 Å². The molecular formula is C26H33N3O3. The number of ether oxygens (including phenoxy) is 2. The van der Waals surface area contributed by atoms with Crippen molar-refractivity contribution >= 4 is 0 Å². The molecule has 0 spiro atoms. The summed E-state index contributed by atoms with van der Waals surface area (Å²) >= 11 is 0. The topological polar surface area (TPSA) is 59.8 Å². The highest BCUT2D eigenvalue weighted by Gasteiger charge is 2.33. The summed E-state index contributed by atoms with van der Waals surface area (Å²) in [7, 11) is 1.66. The predicted molar refractivity (Wildman–Crippen MR) is 126 cm³/mol. The standard InChI is InChI=1S/C26H33N3O3/c1-18(2)25-24(17-28(16-19(3)30)20-10-11-20)26(32-23-8-6-5-7-9-23)29(27-25)21-12-14-22(31-4)15-13-21/h5-9,12-15,18-20,30H,10-11,16-17H2,1-4H3/t19-/m1/s1. The van der Waals surface area contributed by atoms with Crippen LogP contribution in [0, 0.1) is 0 Å². The Kier molecular flexibility index (Phi) is 6.82. The van der Waals surface area contributed by atoms with Crippen LogP contribution in [0.25, 0.3) is 5.69 Å². The van der Waals surface area contributed by atoms with Gasteiger partial charge in [0, 0.05) is 19.1 Å². The van der Waals surface area contributed by atoms with Crippen LogP contribution in [0.3, 0.4) is 0 Å². The molecule has 0 aliphatic heterocycles. The number of aliphatic hydroxyl groups excluding tert-OH is 1. The Hall–Kier alpha value is -2.83. The van der Waals surface area contributed by atoms with E-state index >= 15 is 0 Å². The van der Waals surface area contributed by atoms with Crippen molar-refractivity contribution in [3.05, 3.63) is 65.9 Å². The third kappa shape index (κ3) is 5.14. The first-order valence-electron chi connectivity index (χ1n) is 11.4. The number of rotatable bonds is 10. The first-order chi connectivity index (χ1) is 15.5. The van der Waals surface area contributed by atoms with Gasteiger partial charge in [-0.15, -0.1) is 0 Å². The normalized spacial score (nSPS) is 14.7. The average Bonchev–Trinajstić information content (AvgIpc) is 3.57. The van der Waals surface area contributed by atoms with Crippen LogP contribution in [-0.4, -0.2) is 45.6 Å². The van der Waals surface area contributed by atoms with E-state index < -0.39 is 0 Å². The van der Waals surface area contributed by atoms with E-state index in [2.05, 4.69) is 18.7 Å². The molecule has 2 aromatic carbocycles. The highest BCUT2D eigenvalue weighted by Crippen LogP contribution is 2.37. The molecule has 1 saturated carbocycles. The molecule has 1 atom stereocenters. The fourth-order valence-corrected chi connectivity index (χ4v) is 3.99. The van der Waals surface area contributed by atoms with Crippen LogP contribution in [0.4, 0.5) is 0 Å². The minimum absolute atomic E-state index is 0.232. The van der Waals surface area contributed by atoms with Crippen molar-refractivity contribution in [3.8, 4) is 23.1 Å². The Morgan fingerprint density at radius 3 is 2.28 bits per heavy atom. The van der Waals surface area contributed by atoms with Gasteiger partial charge in [0.1, 0.15) is 11.5 Å². The summed E-state index contributed by atoms with van der Waals surface area (Å²) < 4.78 is 13.7. The lowest BCUT2D eigenvalue weighted by Gasteiger charge is -2.24. The first kappa shape index (κ1) is 22.4. The van der Waals surface area contributed by atoms with Crippen LogP contribution >= 0.6 is 0 Å². The maximum absolute atomic E-state index is 10.1. The number of benzene rings is 2. The second-order valence-corrected chi connectivity index (χ2v) is 8.86. The molecular weight excluding hydrogens is 402 g/mol. The van der Waals surface area contributed by atoms with Gasteiger partial charge in [-0.3, -0.25) is 4.90 Å². The molecule has 0 amide bonds. The van der Waals surface area contributed by atoms with Gasteiger partial charge < -0.3 is 14.6 Å².